The predicted molar refractivity (Wildman–Crippen MR) is 67.0 cm³/mol. The second-order valence-corrected chi connectivity index (χ2v) is 21.5. The first-order chi connectivity index (χ1) is 6.02. The first-order valence-corrected chi connectivity index (χ1v) is 14.3. The van der Waals surface area contributed by atoms with Gasteiger partial charge in [0.25, 0.3) is 7.14 Å². The highest BCUT2D eigenvalue weighted by molar-refractivity contribution is 7.93. The summed E-state index contributed by atoms with van der Waals surface area (Å²) in [5.74, 6) is 0. The van der Waals surface area contributed by atoms with Crippen LogP contribution in [-0.4, -0.2) is 22.7 Å². The summed E-state index contributed by atoms with van der Waals surface area (Å²) >= 11 is 0. The highest BCUT2D eigenvalue weighted by atomic mass is 31.4. The van der Waals surface area contributed by atoms with Gasteiger partial charge in [0.05, 0.1) is 6.61 Å². The lowest BCUT2D eigenvalue weighted by Crippen LogP contribution is -2.32. The van der Waals surface area contributed by atoms with Crippen LogP contribution < -0.4 is 0 Å². The Bertz CT molecular complexity index is 230. The largest absolute Gasteiger partial charge is 0.355 e. The smallest absolute Gasteiger partial charge is 0.287 e. The second-order valence-electron chi connectivity index (χ2n) is 5.29. The van der Waals surface area contributed by atoms with E-state index >= 15 is 0 Å². The van der Waals surface area contributed by atoms with Gasteiger partial charge in [0.1, 0.15) is 0 Å². The van der Waals surface area contributed by atoms with Crippen LogP contribution in [0.3, 0.4) is 0 Å². The van der Waals surface area contributed by atoms with Crippen LogP contribution in [-0.2, 0) is 13.3 Å². The maximum absolute atomic E-state index is 12.5. The average Bonchev–Trinajstić information content (AvgIpc) is 1.79. The van der Waals surface area contributed by atoms with Crippen LogP contribution in [0, 0.1) is 0 Å². The van der Waals surface area contributed by atoms with Crippen molar-refractivity contribution in [3.63, 3.8) is 0 Å². The minimum Gasteiger partial charge on any atom is -0.355 e. The molecule has 3 nitrogen and oxygen atoms in total. The molecule has 0 rings (SSSR count). The Morgan fingerprint density at radius 3 is 1.71 bits per heavy atom. The molecule has 0 aromatic carbocycles. The Balaban J connectivity index is 4.85. The molecule has 0 saturated heterocycles. The zero-order valence-electron chi connectivity index (χ0n) is 10.4. The lowest BCUT2D eigenvalue weighted by atomic mass is 10.9. The molecule has 0 bridgehead atoms. The van der Waals surface area contributed by atoms with Crippen molar-refractivity contribution in [3.8, 4) is 0 Å². The van der Waals surface area contributed by atoms with Crippen molar-refractivity contribution in [2.45, 2.75) is 46.2 Å². The quantitative estimate of drug-likeness (QED) is 0.551. The van der Waals surface area contributed by atoms with Crippen molar-refractivity contribution in [2.75, 3.05) is 6.61 Å². The van der Waals surface area contributed by atoms with Gasteiger partial charge in [0, 0.05) is 0 Å². The lowest BCUT2D eigenvalue weighted by Gasteiger charge is -2.33. The van der Waals surface area contributed by atoms with Crippen LogP contribution in [0.1, 0.15) is 6.92 Å². The van der Waals surface area contributed by atoms with Gasteiger partial charge in [-0.05, 0) is 26.6 Å². The van der Waals surface area contributed by atoms with E-state index in [0.29, 0.717) is 6.61 Å². The fraction of sp³-hybridized carbons (Fsp3) is 1.00. The molecule has 0 aliphatic heterocycles. The van der Waals surface area contributed by atoms with E-state index in [1.807, 2.05) is 46.2 Å². The molecule has 0 saturated carbocycles. The van der Waals surface area contributed by atoms with Crippen molar-refractivity contribution in [1.29, 1.82) is 0 Å². The summed E-state index contributed by atoms with van der Waals surface area (Å²) in [5, 5.41) is 0. The summed E-state index contributed by atoms with van der Waals surface area (Å²) in [4.78, 5) is 0. The van der Waals surface area contributed by atoms with E-state index in [-0.39, 0.29) is 0 Å². The van der Waals surface area contributed by atoms with Gasteiger partial charge in [0.15, 0.2) is 16.1 Å². The summed E-state index contributed by atoms with van der Waals surface area (Å²) in [6.45, 7) is 14.5. The van der Waals surface area contributed by atoms with E-state index in [1.165, 1.54) is 0 Å². The molecule has 1 unspecified atom stereocenters. The highest BCUT2D eigenvalue weighted by Gasteiger charge is 2.44. The SMILES string of the molecule is CCOP(=O)(O[Si](C)(C)C)[Si](C)(C)C. The molecule has 0 aromatic rings. The van der Waals surface area contributed by atoms with Crippen molar-refractivity contribution < 1.29 is 13.3 Å². The van der Waals surface area contributed by atoms with Gasteiger partial charge in [0.2, 0.25) is 0 Å². The monoisotopic (exact) mass is 254 g/mol. The Kier molecular flexibility index (Phi) is 4.81. The van der Waals surface area contributed by atoms with Crippen LogP contribution in [0.5, 0.6) is 0 Å². The van der Waals surface area contributed by atoms with E-state index in [4.69, 9.17) is 8.74 Å². The molecule has 0 amide bonds. The zero-order valence-corrected chi connectivity index (χ0v) is 13.3. The van der Waals surface area contributed by atoms with Gasteiger partial charge in [-0.25, -0.2) is 0 Å². The number of hydrogen-bond donors (Lipinski definition) is 0. The zero-order chi connectivity index (χ0) is 11.6. The summed E-state index contributed by atoms with van der Waals surface area (Å²) in [7, 11) is -6.51. The molecule has 6 heteroatoms. The molecular weight excluding hydrogens is 231 g/mol. The van der Waals surface area contributed by atoms with Crippen molar-refractivity contribution in [3.05, 3.63) is 0 Å². The van der Waals surface area contributed by atoms with Crippen LogP contribution in [0.2, 0.25) is 39.3 Å². The summed E-state index contributed by atoms with van der Waals surface area (Å²) in [6.07, 6.45) is 0. The first-order valence-electron chi connectivity index (χ1n) is 4.97. The average molecular weight is 254 g/mol. The van der Waals surface area contributed by atoms with Crippen molar-refractivity contribution >= 4 is 23.2 Å². The van der Waals surface area contributed by atoms with Crippen LogP contribution in [0.15, 0.2) is 0 Å². The molecule has 0 radical (unpaired) electrons. The Hall–Kier alpha value is 0.584. The van der Waals surface area contributed by atoms with Gasteiger partial charge < -0.3 is 8.74 Å². The van der Waals surface area contributed by atoms with Gasteiger partial charge >= 0.3 is 0 Å². The van der Waals surface area contributed by atoms with E-state index in [1.54, 1.807) is 0 Å². The van der Waals surface area contributed by atoms with E-state index in [9.17, 15) is 4.57 Å². The molecule has 14 heavy (non-hydrogen) atoms. The molecule has 0 spiro atoms. The van der Waals surface area contributed by atoms with Gasteiger partial charge in [-0.15, -0.1) is 0 Å². The molecule has 1 atom stereocenters. The Morgan fingerprint density at radius 1 is 1.07 bits per heavy atom. The summed E-state index contributed by atoms with van der Waals surface area (Å²) < 4.78 is 23.7. The molecule has 0 N–H and O–H groups in total. The lowest BCUT2D eigenvalue weighted by molar-refractivity contribution is 0.291. The van der Waals surface area contributed by atoms with Crippen LogP contribution in [0.4, 0.5) is 0 Å². The highest BCUT2D eigenvalue weighted by Crippen LogP contribution is 2.58. The summed E-state index contributed by atoms with van der Waals surface area (Å²) in [6, 6.07) is 0. The standard InChI is InChI=1S/C8H23O3PSi2/c1-8-10-12(9,14(5,6)7)11-13(2,3)4/h8H2,1-7H3. The van der Waals surface area contributed by atoms with Crippen molar-refractivity contribution in [2.24, 2.45) is 0 Å². The molecule has 0 aliphatic carbocycles. The van der Waals surface area contributed by atoms with Gasteiger partial charge in [-0.2, -0.15) is 0 Å². The minimum atomic E-state index is -2.82. The third-order valence-electron chi connectivity index (χ3n) is 1.51. The van der Waals surface area contributed by atoms with E-state index in [2.05, 4.69) is 0 Å². The fourth-order valence-electron chi connectivity index (χ4n) is 0.887. The maximum atomic E-state index is 12.5. The number of hydrogen-bond acceptors (Lipinski definition) is 3. The molecular formula is C8H23O3PSi2. The van der Waals surface area contributed by atoms with Gasteiger partial charge in [-0.1, -0.05) is 19.6 Å². The predicted octanol–water partition coefficient (Wildman–Crippen LogP) is 3.90. The van der Waals surface area contributed by atoms with Crippen LogP contribution in [0.25, 0.3) is 0 Å². The summed E-state index contributed by atoms with van der Waals surface area (Å²) in [5.41, 5.74) is 0. The van der Waals surface area contributed by atoms with Crippen LogP contribution >= 0.6 is 7.14 Å². The number of rotatable bonds is 5. The van der Waals surface area contributed by atoms with Crippen molar-refractivity contribution in [1.82, 2.24) is 0 Å². The Morgan fingerprint density at radius 2 is 1.50 bits per heavy atom. The molecule has 86 valence electrons. The topological polar surface area (TPSA) is 35.5 Å². The van der Waals surface area contributed by atoms with E-state index < -0.39 is 23.2 Å². The third kappa shape index (κ3) is 4.40. The third-order valence-corrected chi connectivity index (χ3v) is 13.0. The molecule has 0 heterocycles. The normalized spacial score (nSPS) is 17.9. The second kappa shape index (κ2) is 4.62. The fourth-order valence-corrected chi connectivity index (χ4v) is 12.3. The first kappa shape index (κ1) is 14.6. The molecule has 0 aliphatic rings. The van der Waals surface area contributed by atoms with Gasteiger partial charge in [-0.3, -0.25) is 4.57 Å². The molecule has 0 fully saturated rings. The minimum absolute atomic E-state index is 0.464. The molecule has 0 aromatic heterocycles. The Labute approximate surface area is 89.7 Å². The van der Waals surface area contributed by atoms with E-state index in [0.717, 1.165) is 0 Å². The maximum Gasteiger partial charge on any atom is 0.287 e.